The Kier molecular flexibility index (Phi) is 4.92. The molecular formula is C18H10BrClN2S. The summed E-state index contributed by atoms with van der Waals surface area (Å²) in [7, 11) is 0. The Hall–Kier alpha value is -1.93. The van der Waals surface area contributed by atoms with E-state index >= 15 is 0 Å². The van der Waals surface area contributed by atoms with Gasteiger partial charge in [0.2, 0.25) is 0 Å². The third-order valence-corrected chi connectivity index (χ3v) is 4.83. The van der Waals surface area contributed by atoms with Gasteiger partial charge in [0.15, 0.2) is 0 Å². The first-order valence-electron chi connectivity index (χ1n) is 6.75. The maximum atomic E-state index is 9.43. The van der Waals surface area contributed by atoms with Crippen molar-refractivity contribution in [3.05, 3.63) is 74.0 Å². The monoisotopic (exact) mass is 400 g/mol. The first-order valence-corrected chi connectivity index (χ1v) is 8.80. The van der Waals surface area contributed by atoms with Crippen LogP contribution in [0.2, 0.25) is 5.02 Å². The number of aromatic nitrogens is 1. The summed E-state index contributed by atoms with van der Waals surface area (Å²) in [4.78, 5) is 4.58. The third-order valence-electron chi connectivity index (χ3n) is 3.18. The molecule has 2 nitrogen and oxygen atoms in total. The van der Waals surface area contributed by atoms with E-state index in [9.17, 15) is 5.26 Å². The van der Waals surface area contributed by atoms with Crippen LogP contribution in [0.3, 0.4) is 0 Å². The van der Waals surface area contributed by atoms with E-state index in [-0.39, 0.29) is 0 Å². The molecule has 0 spiro atoms. The van der Waals surface area contributed by atoms with Crippen LogP contribution in [0.5, 0.6) is 0 Å². The molecule has 0 unspecified atom stereocenters. The SMILES string of the molecule is N#C/C(=C\c1ccc(Cl)cc1)c1nc(-c2ccc(Br)cc2)cs1. The van der Waals surface area contributed by atoms with Gasteiger partial charge in [-0.1, -0.05) is 51.8 Å². The van der Waals surface area contributed by atoms with Crippen molar-refractivity contribution in [2.45, 2.75) is 0 Å². The zero-order chi connectivity index (χ0) is 16.2. The van der Waals surface area contributed by atoms with E-state index in [1.165, 1.54) is 11.3 Å². The zero-order valence-corrected chi connectivity index (χ0v) is 15.0. The molecule has 112 valence electrons. The number of rotatable bonds is 3. The van der Waals surface area contributed by atoms with Gasteiger partial charge in [0, 0.05) is 20.4 Å². The highest BCUT2D eigenvalue weighted by atomic mass is 79.9. The topological polar surface area (TPSA) is 36.7 Å². The van der Waals surface area contributed by atoms with Gasteiger partial charge in [-0.05, 0) is 35.9 Å². The van der Waals surface area contributed by atoms with Crippen LogP contribution in [0.25, 0.3) is 22.9 Å². The molecule has 0 atom stereocenters. The number of thiazole rings is 1. The molecule has 0 N–H and O–H groups in total. The van der Waals surface area contributed by atoms with E-state index in [0.717, 1.165) is 21.3 Å². The summed E-state index contributed by atoms with van der Waals surface area (Å²) in [6.45, 7) is 0. The van der Waals surface area contributed by atoms with Gasteiger partial charge in [-0.25, -0.2) is 4.98 Å². The first kappa shape index (κ1) is 15.9. The Labute approximate surface area is 151 Å². The molecule has 0 aliphatic heterocycles. The average molecular weight is 402 g/mol. The van der Waals surface area contributed by atoms with Crippen molar-refractivity contribution in [2.75, 3.05) is 0 Å². The summed E-state index contributed by atoms with van der Waals surface area (Å²) in [5.41, 5.74) is 3.36. The lowest BCUT2D eigenvalue weighted by Gasteiger charge is -1.97. The van der Waals surface area contributed by atoms with Gasteiger partial charge in [-0.2, -0.15) is 5.26 Å². The van der Waals surface area contributed by atoms with E-state index in [1.807, 2.05) is 47.9 Å². The Morgan fingerprint density at radius 3 is 2.48 bits per heavy atom. The number of allylic oxidation sites excluding steroid dienone is 1. The second-order valence-corrected chi connectivity index (χ2v) is 6.98. The van der Waals surface area contributed by atoms with Crippen molar-refractivity contribution in [3.8, 4) is 17.3 Å². The molecule has 2 aromatic carbocycles. The van der Waals surface area contributed by atoms with Crippen molar-refractivity contribution in [2.24, 2.45) is 0 Å². The number of benzene rings is 2. The van der Waals surface area contributed by atoms with Crippen LogP contribution in [0.15, 0.2) is 58.4 Å². The second-order valence-electron chi connectivity index (χ2n) is 4.77. The van der Waals surface area contributed by atoms with Crippen LogP contribution in [0.4, 0.5) is 0 Å². The average Bonchev–Trinajstić information content (AvgIpc) is 3.05. The second kappa shape index (κ2) is 7.10. The lowest BCUT2D eigenvalue weighted by molar-refractivity contribution is 1.37. The lowest BCUT2D eigenvalue weighted by Crippen LogP contribution is -1.83. The molecule has 1 aromatic heterocycles. The van der Waals surface area contributed by atoms with Crippen molar-refractivity contribution < 1.29 is 0 Å². The predicted octanol–water partition coefficient (Wildman–Crippen LogP) is 6.29. The van der Waals surface area contributed by atoms with E-state index in [2.05, 4.69) is 27.0 Å². The molecule has 0 aliphatic rings. The minimum absolute atomic E-state index is 0.542. The standard InChI is InChI=1S/C18H10BrClN2S/c19-15-5-3-13(4-6-15)17-11-23-18(22-17)14(10-21)9-12-1-7-16(20)8-2-12/h1-9,11H/b14-9+. The predicted molar refractivity (Wildman–Crippen MR) is 100 cm³/mol. The molecule has 0 bridgehead atoms. The van der Waals surface area contributed by atoms with E-state index in [0.29, 0.717) is 15.6 Å². The Bertz CT molecular complexity index is 890. The molecule has 1 heterocycles. The molecule has 0 amide bonds. The molecule has 0 fully saturated rings. The minimum atomic E-state index is 0.542. The van der Waals surface area contributed by atoms with Crippen molar-refractivity contribution in [1.82, 2.24) is 4.98 Å². The Balaban J connectivity index is 1.92. The molecule has 3 rings (SSSR count). The number of hydrogen-bond acceptors (Lipinski definition) is 3. The number of hydrogen-bond donors (Lipinski definition) is 0. The molecule has 23 heavy (non-hydrogen) atoms. The van der Waals surface area contributed by atoms with Crippen molar-refractivity contribution in [3.63, 3.8) is 0 Å². The van der Waals surface area contributed by atoms with Gasteiger partial charge >= 0.3 is 0 Å². The Morgan fingerprint density at radius 1 is 1.13 bits per heavy atom. The number of nitriles is 1. The van der Waals surface area contributed by atoms with Gasteiger partial charge in [-0.3, -0.25) is 0 Å². The van der Waals surface area contributed by atoms with E-state index < -0.39 is 0 Å². The van der Waals surface area contributed by atoms with Crippen LogP contribution in [0.1, 0.15) is 10.6 Å². The van der Waals surface area contributed by atoms with Crippen LogP contribution < -0.4 is 0 Å². The number of nitrogens with zero attached hydrogens (tertiary/aromatic N) is 2. The van der Waals surface area contributed by atoms with Crippen LogP contribution in [-0.4, -0.2) is 4.98 Å². The highest BCUT2D eigenvalue weighted by Crippen LogP contribution is 2.28. The van der Waals surface area contributed by atoms with Gasteiger partial charge in [0.1, 0.15) is 11.1 Å². The van der Waals surface area contributed by atoms with E-state index in [1.54, 1.807) is 12.1 Å². The smallest absolute Gasteiger partial charge is 0.134 e. The van der Waals surface area contributed by atoms with Crippen molar-refractivity contribution >= 4 is 50.5 Å². The number of halogens is 2. The quantitative estimate of drug-likeness (QED) is 0.483. The fourth-order valence-corrected chi connectivity index (χ4v) is 3.20. The Morgan fingerprint density at radius 2 is 1.83 bits per heavy atom. The fraction of sp³-hybridized carbons (Fsp3) is 0. The van der Waals surface area contributed by atoms with Crippen LogP contribution in [-0.2, 0) is 0 Å². The molecule has 0 aliphatic carbocycles. The molecule has 3 aromatic rings. The molecule has 5 heteroatoms. The largest absolute Gasteiger partial charge is 0.235 e. The fourth-order valence-electron chi connectivity index (χ4n) is 2.02. The van der Waals surface area contributed by atoms with Crippen molar-refractivity contribution in [1.29, 1.82) is 5.26 Å². The summed E-state index contributed by atoms with van der Waals surface area (Å²) >= 11 is 10.8. The molecule has 0 saturated carbocycles. The third kappa shape index (κ3) is 3.89. The molecule has 0 saturated heterocycles. The first-order chi connectivity index (χ1) is 11.2. The van der Waals surface area contributed by atoms with Gasteiger partial charge in [0.25, 0.3) is 0 Å². The maximum absolute atomic E-state index is 9.43. The highest BCUT2D eigenvalue weighted by Gasteiger charge is 2.09. The van der Waals surface area contributed by atoms with Crippen LogP contribution >= 0.6 is 38.9 Å². The minimum Gasteiger partial charge on any atom is -0.235 e. The van der Waals surface area contributed by atoms with Gasteiger partial charge in [0.05, 0.1) is 11.3 Å². The summed E-state index contributed by atoms with van der Waals surface area (Å²) in [6, 6.07) is 17.5. The summed E-state index contributed by atoms with van der Waals surface area (Å²) in [5, 5.41) is 12.8. The zero-order valence-electron chi connectivity index (χ0n) is 11.8. The summed E-state index contributed by atoms with van der Waals surface area (Å²) in [5.74, 6) is 0. The molecular weight excluding hydrogens is 392 g/mol. The normalized spacial score (nSPS) is 11.3. The molecule has 0 radical (unpaired) electrons. The maximum Gasteiger partial charge on any atom is 0.134 e. The summed E-state index contributed by atoms with van der Waals surface area (Å²) in [6.07, 6.45) is 1.82. The van der Waals surface area contributed by atoms with Gasteiger partial charge in [-0.15, -0.1) is 11.3 Å². The lowest BCUT2D eigenvalue weighted by atomic mass is 10.1. The van der Waals surface area contributed by atoms with Crippen LogP contribution in [0, 0.1) is 11.3 Å². The highest BCUT2D eigenvalue weighted by molar-refractivity contribution is 9.10. The van der Waals surface area contributed by atoms with E-state index in [4.69, 9.17) is 11.6 Å². The summed E-state index contributed by atoms with van der Waals surface area (Å²) < 4.78 is 1.03. The van der Waals surface area contributed by atoms with Gasteiger partial charge < -0.3 is 0 Å².